The Morgan fingerprint density at radius 3 is 1.30 bits per heavy atom. The lowest BCUT2D eigenvalue weighted by Gasteiger charge is -2.20. The summed E-state index contributed by atoms with van der Waals surface area (Å²) in [5, 5.41) is 11.9. The number of rotatable bonds is 3. The van der Waals surface area contributed by atoms with Crippen molar-refractivity contribution in [3.05, 3.63) is 58.7 Å². The molecular formula is C24H26N4O2. The molecule has 2 aromatic carbocycles. The summed E-state index contributed by atoms with van der Waals surface area (Å²) < 4.78 is 0. The topological polar surface area (TPSA) is 65.3 Å². The molecule has 6 heteroatoms. The second-order valence-corrected chi connectivity index (χ2v) is 8.28. The Balaban J connectivity index is 1.64. The first-order chi connectivity index (χ1) is 14.2. The van der Waals surface area contributed by atoms with E-state index in [1.165, 1.54) is 10.0 Å². The van der Waals surface area contributed by atoms with Gasteiger partial charge in [0.2, 0.25) is 0 Å². The number of carbonyl (C=O) groups excluding carboxylic acids is 2. The molecule has 0 spiro atoms. The zero-order valence-electron chi connectivity index (χ0n) is 18.2. The van der Waals surface area contributed by atoms with Gasteiger partial charge in [0.1, 0.15) is 0 Å². The number of amides is 2. The van der Waals surface area contributed by atoms with E-state index >= 15 is 0 Å². The molecule has 0 saturated carbocycles. The number of hydrogen-bond donors (Lipinski definition) is 0. The zero-order valence-corrected chi connectivity index (χ0v) is 18.2. The van der Waals surface area contributed by atoms with E-state index in [0.717, 1.165) is 33.6 Å². The Kier molecular flexibility index (Phi) is 4.80. The third-order valence-corrected chi connectivity index (χ3v) is 6.17. The molecule has 2 aromatic rings. The molecule has 0 fully saturated rings. The lowest BCUT2D eigenvalue weighted by molar-refractivity contribution is -0.126. The highest BCUT2D eigenvalue weighted by Crippen LogP contribution is 2.35. The van der Waals surface area contributed by atoms with Gasteiger partial charge in [0.05, 0.1) is 23.2 Å². The average Bonchev–Trinajstić information content (AvgIpc) is 3.15. The Bertz CT molecular complexity index is 1040. The van der Waals surface area contributed by atoms with E-state index in [-0.39, 0.29) is 11.8 Å². The van der Waals surface area contributed by atoms with Crippen molar-refractivity contribution in [2.45, 2.75) is 41.5 Å². The molecule has 0 aromatic heterocycles. The normalized spacial score (nSPS) is 21.4. The van der Waals surface area contributed by atoms with Crippen molar-refractivity contribution in [3.8, 4) is 0 Å². The molecule has 0 bridgehead atoms. The molecule has 6 nitrogen and oxygen atoms in total. The third kappa shape index (κ3) is 3.12. The molecule has 0 N–H and O–H groups in total. The predicted molar refractivity (Wildman–Crippen MR) is 120 cm³/mol. The van der Waals surface area contributed by atoms with Crippen molar-refractivity contribution in [1.82, 2.24) is 0 Å². The largest absolute Gasteiger partial charge is 0.272 e. The number of carbonyl (C=O) groups is 2. The number of hydrazone groups is 2. The van der Waals surface area contributed by atoms with Crippen molar-refractivity contribution in [1.29, 1.82) is 0 Å². The molecule has 2 aliphatic rings. The van der Waals surface area contributed by atoms with Gasteiger partial charge >= 0.3 is 0 Å². The molecule has 2 heterocycles. The summed E-state index contributed by atoms with van der Waals surface area (Å²) >= 11 is 0. The monoisotopic (exact) mass is 402 g/mol. The van der Waals surface area contributed by atoms with Gasteiger partial charge in [-0.3, -0.25) is 9.59 Å². The van der Waals surface area contributed by atoms with Crippen molar-refractivity contribution < 1.29 is 9.59 Å². The van der Waals surface area contributed by atoms with E-state index < -0.39 is 11.8 Å². The SMILES string of the molecule is CC1=NN(c2ccc(C)c(C)c2)C(=O)C1C1C(=O)N(c2ccc(C)c(C)c2)N=C1C. The summed E-state index contributed by atoms with van der Waals surface area (Å²) in [5.74, 6) is -1.66. The standard InChI is InChI=1S/C24H26N4O2/c1-13-7-9-19(11-15(13)3)27-23(29)21(17(5)25-27)22-18(6)26-28(24(22)30)20-10-8-14(2)16(4)12-20/h7-12,21-22H,1-6H3. The van der Waals surface area contributed by atoms with E-state index in [9.17, 15) is 9.59 Å². The van der Waals surface area contributed by atoms with E-state index in [0.29, 0.717) is 11.4 Å². The summed E-state index contributed by atoms with van der Waals surface area (Å²) in [7, 11) is 0. The number of anilines is 2. The number of hydrogen-bond acceptors (Lipinski definition) is 4. The fraction of sp³-hybridized carbons (Fsp3) is 0.333. The molecule has 4 rings (SSSR count). The van der Waals surface area contributed by atoms with Gasteiger partial charge in [-0.05, 0) is 88.1 Å². The predicted octanol–water partition coefficient (Wildman–Crippen LogP) is 4.30. The summed E-state index contributed by atoms with van der Waals surface area (Å²) in [6, 6.07) is 11.6. The van der Waals surface area contributed by atoms with Crippen LogP contribution in [0, 0.1) is 39.5 Å². The first-order valence-electron chi connectivity index (χ1n) is 10.1. The fourth-order valence-corrected chi connectivity index (χ4v) is 4.01. The van der Waals surface area contributed by atoms with Crippen LogP contribution in [0.15, 0.2) is 46.6 Å². The summed E-state index contributed by atoms with van der Waals surface area (Å²) in [4.78, 5) is 26.6. The van der Waals surface area contributed by atoms with Gasteiger partial charge in [0, 0.05) is 11.4 Å². The number of nitrogens with zero attached hydrogens (tertiary/aromatic N) is 4. The Hall–Kier alpha value is -3.28. The number of aryl methyl sites for hydroxylation is 4. The van der Waals surface area contributed by atoms with Crippen LogP contribution < -0.4 is 10.0 Å². The number of benzene rings is 2. The van der Waals surface area contributed by atoms with Gasteiger partial charge in [0.25, 0.3) is 11.8 Å². The smallest absolute Gasteiger partial charge is 0.257 e. The van der Waals surface area contributed by atoms with Crippen molar-refractivity contribution >= 4 is 34.6 Å². The lowest BCUT2D eigenvalue weighted by Crippen LogP contribution is -2.40. The van der Waals surface area contributed by atoms with E-state index in [4.69, 9.17) is 0 Å². The molecule has 2 unspecified atom stereocenters. The second kappa shape index (κ2) is 7.20. The molecular weight excluding hydrogens is 376 g/mol. The molecule has 2 aliphatic heterocycles. The Labute approximate surface area is 176 Å². The molecule has 0 radical (unpaired) electrons. The van der Waals surface area contributed by atoms with Gasteiger partial charge in [0.15, 0.2) is 0 Å². The molecule has 30 heavy (non-hydrogen) atoms. The highest BCUT2D eigenvalue weighted by atomic mass is 16.2. The van der Waals surface area contributed by atoms with Crippen LogP contribution in [-0.4, -0.2) is 23.2 Å². The molecule has 2 amide bonds. The van der Waals surface area contributed by atoms with Crippen LogP contribution in [0.3, 0.4) is 0 Å². The average molecular weight is 402 g/mol. The van der Waals surface area contributed by atoms with Gasteiger partial charge in [-0.2, -0.15) is 10.2 Å². The molecule has 2 atom stereocenters. The van der Waals surface area contributed by atoms with Crippen molar-refractivity contribution in [3.63, 3.8) is 0 Å². The van der Waals surface area contributed by atoms with Crippen LogP contribution in [0.1, 0.15) is 36.1 Å². The molecule has 0 saturated heterocycles. The quantitative estimate of drug-likeness (QED) is 0.768. The Morgan fingerprint density at radius 2 is 0.967 bits per heavy atom. The zero-order chi connectivity index (χ0) is 21.7. The minimum absolute atomic E-state index is 0.189. The summed E-state index contributed by atoms with van der Waals surface area (Å²) in [6.45, 7) is 11.7. The van der Waals surface area contributed by atoms with E-state index in [2.05, 4.69) is 10.2 Å². The molecule has 0 aliphatic carbocycles. The van der Waals surface area contributed by atoms with Crippen LogP contribution >= 0.6 is 0 Å². The van der Waals surface area contributed by atoms with Crippen LogP contribution in [-0.2, 0) is 9.59 Å². The second-order valence-electron chi connectivity index (χ2n) is 8.28. The summed E-state index contributed by atoms with van der Waals surface area (Å²) in [5.41, 5.74) is 7.19. The van der Waals surface area contributed by atoms with Crippen LogP contribution in [0.4, 0.5) is 11.4 Å². The van der Waals surface area contributed by atoms with Crippen LogP contribution in [0.25, 0.3) is 0 Å². The lowest BCUT2D eigenvalue weighted by atomic mass is 9.85. The third-order valence-electron chi connectivity index (χ3n) is 6.17. The van der Waals surface area contributed by atoms with E-state index in [1.807, 2.05) is 77.9 Å². The first kappa shape index (κ1) is 20.0. The molecule has 154 valence electrons. The van der Waals surface area contributed by atoms with Crippen LogP contribution in [0.5, 0.6) is 0 Å². The van der Waals surface area contributed by atoms with Crippen molar-refractivity contribution in [2.75, 3.05) is 10.0 Å². The van der Waals surface area contributed by atoms with Gasteiger partial charge in [-0.1, -0.05) is 12.1 Å². The van der Waals surface area contributed by atoms with Crippen LogP contribution in [0.2, 0.25) is 0 Å². The fourth-order valence-electron chi connectivity index (χ4n) is 4.01. The maximum Gasteiger partial charge on any atom is 0.257 e. The maximum absolute atomic E-state index is 13.3. The summed E-state index contributed by atoms with van der Waals surface area (Å²) in [6.07, 6.45) is 0. The first-order valence-corrected chi connectivity index (χ1v) is 10.1. The van der Waals surface area contributed by atoms with Gasteiger partial charge in [-0.25, -0.2) is 10.0 Å². The van der Waals surface area contributed by atoms with Gasteiger partial charge in [-0.15, -0.1) is 0 Å². The minimum atomic E-state index is -0.639. The highest BCUT2D eigenvalue weighted by molar-refractivity contribution is 6.25. The Morgan fingerprint density at radius 1 is 0.600 bits per heavy atom. The van der Waals surface area contributed by atoms with E-state index in [1.54, 1.807) is 0 Å². The van der Waals surface area contributed by atoms with Crippen molar-refractivity contribution in [2.24, 2.45) is 22.0 Å². The minimum Gasteiger partial charge on any atom is -0.272 e. The highest BCUT2D eigenvalue weighted by Gasteiger charge is 2.48. The maximum atomic E-state index is 13.3. The van der Waals surface area contributed by atoms with Gasteiger partial charge < -0.3 is 0 Å².